The van der Waals surface area contributed by atoms with Crippen molar-refractivity contribution in [2.45, 2.75) is 83.9 Å². The van der Waals surface area contributed by atoms with Crippen LogP contribution in [0, 0.1) is 0 Å². The first-order valence-electron chi connectivity index (χ1n) is 7.42. The molecule has 0 aromatic heterocycles. The molecule has 0 aromatic rings. The number of hydrogen-bond acceptors (Lipinski definition) is 3. The van der Waals surface area contributed by atoms with Crippen LogP contribution in [0.2, 0.25) is 0 Å². The summed E-state index contributed by atoms with van der Waals surface area (Å²) in [5, 5.41) is 6.49. The summed E-state index contributed by atoms with van der Waals surface area (Å²) in [5.74, 6) is 0. The lowest BCUT2D eigenvalue weighted by molar-refractivity contribution is 0.0470. The van der Waals surface area contributed by atoms with Crippen LogP contribution in [0.15, 0.2) is 0 Å². The number of hydrogen-bond donors (Lipinski definition) is 2. The van der Waals surface area contributed by atoms with Crippen molar-refractivity contribution in [1.29, 1.82) is 0 Å². The zero-order valence-corrected chi connectivity index (χ0v) is 13.1. The molecule has 4 heteroatoms. The van der Waals surface area contributed by atoms with Gasteiger partial charge in [0.25, 0.3) is 0 Å². The predicted molar refractivity (Wildman–Crippen MR) is 78.3 cm³/mol. The molecule has 1 amide bonds. The Morgan fingerprint density at radius 2 is 1.68 bits per heavy atom. The van der Waals surface area contributed by atoms with Crippen molar-refractivity contribution in [1.82, 2.24) is 10.6 Å². The second-order valence-electron chi connectivity index (χ2n) is 7.23. The SMILES string of the molecule is CC(C)(CNC1CCCCC1)NC(=O)OC(C)(C)C. The van der Waals surface area contributed by atoms with Crippen molar-refractivity contribution in [3.63, 3.8) is 0 Å². The van der Waals surface area contributed by atoms with Crippen LogP contribution < -0.4 is 10.6 Å². The highest BCUT2D eigenvalue weighted by Crippen LogP contribution is 2.18. The summed E-state index contributed by atoms with van der Waals surface area (Å²) in [6, 6.07) is 0.605. The van der Waals surface area contributed by atoms with Gasteiger partial charge in [-0.2, -0.15) is 0 Å². The van der Waals surface area contributed by atoms with E-state index in [4.69, 9.17) is 4.74 Å². The van der Waals surface area contributed by atoms with E-state index >= 15 is 0 Å². The molecule has 0 aromatic carbocycles. The Balaban J connectivity index is 2.31. The van der Waals surface area contributed by atoms with Crippen molar-refractivity contribution >= 4 is 6.09 Å². The molecule has 0 heterocycles. The number of amides is 1. The lowest BCUT2D eigenvalue weighted by atomic mass is 9.94. The van der Waals surface area contributed by atoms with E-state index in [0.717, 1.165) is 6.54 Å². The van der Waals surface area contributed by atoms with Gasteiger partial charge in [0, 0.05) is 12.6 Å². The van der Waals surface area contributed by atoms with Gasteiger partial charge in [-0.1, -0.05) is 19.3 Å². The molecule has 0 unspecified atom stereocenters. The summed E-state index contributed by atoms with van der Waals surface area (Å²) in [6.07, 6.45) is 6.15. The van der Waals surface area contributed by atoms with E-state index < -0.39 is 5.60 Å². The van der Waals surface area contributed by atoms with Gasteiger partial charge in [-0.05, 0) is 47.5 Å². The second-order valence-corrected chi connectivity index (χ2v) is 7.23. The Hall–Kier alpha value is -0.770. The summed E-state index contributed by atoms with van der Waals surface area (Å²) in [5.41, 5.74) is -0.739. The molecule has 1 rings (SSSR count). The summed E-state index contributed by atoms with van der Waals surface area (Å²) in [4.78, 5) is 11.8. The van der Waals surface area contributed by atoms with E-state index in [-0.39, 0.29) is 11.6 Å². The maximum atomic E-state index is 11.8. The summed E-state index contributed by atoms with van der Waals surface area (Å²) in [6.45, 7) is 10.4. The van der Waals surface area contributed by atoms with Crippen LogP contribution in [0.1, 0.15) is 66.7 Å². The highest BCUT2D eigenvalue weighted by atomic mass is 16.6. The van der Waals surface area contributed by atoms with Crippen molar-refractivity contribution in [2.24, 2.45) is 0 Å². The Labute approximate surface area is 117 Å². The Kier molecular flexibility index (Phi) is 5.65. The fraction of sp³-hybridized carbons (Fsp3) is 0.933. The molecule has 1 aliphatic carbocycles. The Morgan fingerprint density at radius 1 is 1.11 bits per heavy atom. The fourth-order valence-electron chi connectivity index (χ4n) is 2.33. The van der Waals surface area contributed by atoms with E-state index in [0.29, 0.717) is 6.04 Å². The molecular formula is C15H30N2O2. The summed E-state index contributed by atoms with van der Waals surface area (Å²) < 4.78 is 5.29. The smallest absolute Gasteiger partial charge is 0.408 e. The number of rotatable bonds is 4. The summed E-state index contributed by atoms with van der Waals surface area (Å²) >= 11 is 0. The fourth-order valence-corrected chi connectivity index (χ4v) is 2.33. The van der Waals surface area contributed by atoms with Gasteiger partial charge in [0.05, 0.1) is 5.54 Å². The Bertz CT molecular complexity index is 289. The first-order chi connectivity index (χ1) is 8.68. The molecule has 1 saturated carbocycles. The number of alkyl carbamates (subject to hydrolysis) is 1. The molecule has 112 valence electrons. The molecule has 4 nitrogen and oxygen atoms in total. The van der Waals surface area contributed by atoms with Gasteiger partial charge in [0.1, 0.15) is 5.60 Å². The van der Waals surface area contributed by atoms with Gasteiger partial charge in [-0.15, -0.1) is 0 Å². The van der Waals surface area contributed by atoms with Crippen molar-refractivity contribution in [3.8, 4) is 0 Å². The minimum absolute atomic E-state index is 0.292. The lowest BCUT2D eigenvalue weighted by Crippen LogP contribution is -2.53. The number of nitrogens with one attached hydrogen (secondary N) is 2. The standard InChI is InChI=1S/C15H30N2O2/c1-14(2,3)19-13(18)17-15(4,5)11-16-12-9-7-6-8-10-12/h12,16H,6-11H2,1-5H3,(H,17,18). The minimum atomic E-state index is -0.447. The minimum Gasteiger partial charge on any atom is -0.444 e. The van der Waals surface area contributed by atoms with E-state index in [1.165, 1.54) is 32.1 Å². The van der Waals surface area contributed by atoms with Gasteiger partial charge in [-0.25, -0.2) is 4.79 Å². The third-order valence-corrected chi connectivity index (χ3v) is 3.28. The maximum absolute atomic E-state index is 11.8. The van der Waals surface area contributed by atoms with Crippen LogP contribution >= 0.6 is 0 Å². The van der Waals surface area contributed by atoms with E-state index in [2.05, 4.69) is 10.6 Å². The van der Waals surface area contributed by atoms with Crippen molar-refractivity contribution in [2.75, 3.05) is 6.54 Å². The molecule has 1 fully saturated rings. The third kappa shape index (κ3) is 7.41. The zero-order chi connectivity index (χ0) is 14.5. The highest BCUT2D eigenvalue weighted by molar-refractivity contribution is 5.68. The molecule has 19 heavy (non-hydrogen) atoms. The summed E-state index contributed by atoms with van der Waals surface area (Å²) in [7, 11) is 0. The molecule has 0 bridgehead atoms. The Morgan fingerprint density at radius 3 is 2.21 bits per heavy atom. The normalized spacial score (nSPS) is 18.2. The maximum Gasteiger partial charge on any atom is 0.408 e. The van der Waals surface area contributed by atoms with Crippen LogP contribution in [-0.4, -0.2) is 29.8 Å². The monoisotopic (exact) mass is 270 g/mol. The van der Waals surface area contributed by atoms with E-state index in [1.54, 1.807) is 0 Å². The first kappa shape index (κ1) is 16.3. The van der Waals surface area contributed by atoms with Gasteiger partial charge < -0.3 is 15.4 Å². The lowest BCUT2D eigenvalue weighted by Gasteiger charge is -2.32. The van der Waals surface area contributed by atoms with E-state index in [9.17, 15) is 4.79 Å². The average Bonchev–Trinajstić information content (AvgIpc) is 2.24. The molecule has 0 spiro atoms. The predicted octanol–water partition coefficient (Wildman–Crippen LogP) is 3.21. The van der Waals surface area contributed by atoms with Crippen LogP contribution in [0.3, 0.4) is 0 Å². The number of carbonyl (C=O) groups is 1. The molecule has 0 radical (unpaired) electrons. The molecule has 1 aliphatic rings. The van der Waals surface area contributed by atoms with Gasteiger partial charge in [-0.3, -0.25) is 0 Å². The molecule has 0 saturated heterocycles. The van der Waals surface area contributed by atoms with Crippen LogP contribution in [0.4, 0.5) is 4.79 Å². The van der Waals surface area contributed by atoms with Crippen molar-refractivity contribution in [3.05, 3.63) is 0 Å². The van der Waals surface area contributed by atoms with Gasteiger partial charge >= 0.3 is 6.09 Å². The quantitative estimate of drug-likeness (QED) is 0.824. The van der Waals surface area contributed by atoms with Crippen molar-refractivity contribution < 1.29 is 9.53 Å². The molecule has 2 N–H and O–H groups in total. The number of ether oxygens (including phenoxy) is 1. The van der Waals surface area contributed by atoms with Gasteiger partial charge in [0.15, 0.2) is 0 Å². The molecular weight excluding hydrogens is 240 g/mol. The van der Waals surface area contributed by atoms with Crippen LogP contribution in [-0.2, 0) is 4.74 Å². The average molecular weight is 270 g/mol. The second kappa shape index (κ2) is 6.60. The topological polar surface area (TPSA) is 50.4 Å². The van der Waals surface area contributed by atoms with E-state index in [1.807, 2.05) is 34.6 Å². The third-order valence-electron chi connectivity index (χ3n) is 3.28. The van der Waals surface area contributed by atoms with Crippen LogP contribution in [0.25, 0.3) is 0 Å². The first-order valence-corrected chi connectivity index (χ1v) is 7.42. The van der Waals surface area contributed by atoms with Gasteiger partial charge in [0.2, 0.25) is 0 Å². The number of carbonyl (C=O) groups excluding carboxylic acids is 1. The largest absolute Gasteiger partial charge is 0.444 e. The highest BCUT2D eigenvalue weighted by Gasteiger charge is 2.25. The molecule has 0 aliphatic heterocycles. The molecule has 0 atom stereocenters. The zero-order valence-electron chi connectivity index (χ0n) is 13.1. The van der Waals surface area contributed by atoms with Crippen LogP contribution in [0.5, 0.6) is 0 Å².